The van der Waals surface area contributed by atoms with Gasteiger partial charge < -0.3 is 0 Å². The molecule has 0 spiro atoms. The van der Waals surface area contributed by atoms with E-state index in [1.807, 2.05) is 12.3 Å². The van der Waals surface area contributed by atoms with Crippen LogP contribution < -0.4 is 4.72 Å². The Morgan fingerprint density at radius 1 is 1.47 bits per heavy atom. The molecule has 0 saturated carbocycles. The van der Waals surface area contributed by atoms with Crippen molar-refractivity contribution in [1.82, 2.24) is 14.7 Å². The van der Waals surface area contributed by atoms with Crippen LogP contribution in [0.15, 0.2) is 28.6 Å². The molecule has 0 radical (unpaired) electrons. The van der Waals surface area contributed by atoms with Crippen molar-refractivity contribution in [3.05, 3.63) is 39.6 Å². The van der Waals surface area contributed by atoms with Gasteiger partial charge in [-0.25, -0.2) is 23.1 Å². The summed E-state index contributed by atoms with van der Waals surface area (Å²) in [5.41, 5.74) is 0.948. The zero-order valence-corrected chi connectivity index (χ0v) is 12.5. The molecule has 1 N–H and O–H groups in total. The lowest BCUT2D eigenvalue weighted by Gasteiger charge is -2.05. The van der Waals surface area contributed by atoms with Gasteiger partial charge in [0.05, 0.1) is 9.90 Å². The molecule has 0 amide bonds. The summed E-state index contributed by atoms with van der Waals surface area (Å²) in [6.07, 6.45) is 1.93. The highest BCUT2D eigenvalue weighted by Crippen LogP contribution is 2.13. The number of hydrogen-bond donors (Lipinski definition) is 1. The number of nitrogens with one attached hydrogen (secondary N) is 1. The van der Waals surface area contributed by atoms with Crippen LogP contribution in [0.5, 0.6) is 0 Å². The van der Waals surface area contributed by atoms with Crippen molar-refractivity contribution in [2.45, 2.75) is 18.2 Å². The van der Waals surface area contributed by atoms with E-state index in [0.29, 0.717) is 13.0 Å². The molecule has 0 saturated heterocycles. The van der Waals surface area contributed by atoms with Crippen molar-refractivity contribution in [1.29, 1.82) is 0 Å². The van der Waals surface area contributed by atoms with Crippen molar-refractivity contribution in [3.63, 3.8) is 0 Å². The smallest absolute Gasteiger partial charge is 0.240 e. The Hall–Kier alpha value is -1.02. The van der Waals surface area contributed by atoms with Gasteiger partial charge in [0.15, 0.2) is 0 Å². The molecule has 0 atom stereocenters. The Bertz CT molecular complexity index is 670. The lowest BCUT2D eigenvalue weighted by atomic mass is 10.4. The largest absolute Gasteiger partial charge is 0.247 e. The summed E-state index contributed by atoms with van der Waals surface area (Å²) in [4.78, 5) is 8.13. The van der Waals surface area contributed by atoms with Crippen molar-refractivity contribution in [2.75, 3.05) is 6.54 Å². The van der Waals surface area contributed by atoms with E-state index in [4.69, 9.17) is 11.6 Å². The van der Waals surface area contributed by atoms with E-state index >= 15 is 0 Å². The van der Waals surface area contributed by atoms with E-state index in [1.54, 1.807) is 0 Å². The maximum Gasteiger partial charge on any atom is 0.240 e. The maximum absolute atomic E-state index is 12.0. The highest BCUT2D eigenvalue weighted by Gasteiger charge is 2.14. The Balaban J connectivity index is 1.98. The third-order valence-corrected chi connectivity index (χ3v) is 5.00. The van der Waals surface area contributed by atoms with E-state index in [-0.39, 0.29) is 10.0 Å². The molecule has 0 aliphatic rings. The summed E-state index contributed by atoms with van der Waals surface area (Å²) in [5, 5.41) is 3.00. The molecular formula is C11H12ClN3O2S2. The average molecular weight is 318 g/mol. The zero-order valence-electron chi connectivity index (χ0n) is 10.1. The molecule has 102 valence electrons. The molecule has 0 aliphatic heterocycles. The molecule has 2 aromatic rings. The van der Waals surface area contributed by atoms with Crippen LogP contribution in [0.1, 0.15) is 10.7 Å². The van der Waals surface area contributed by atoms with Crippen molar-refractivity contribution in [2.24, 2.45) is 0 Å². The number of aromatic nitrogens is 2. The molecule has 2 rings (SSSR count). The van der Waals surface area contributed by atoms with Gasteiger partial charge in [-0.3, -0.25) is 0 Å². The number of halogens is 1. The first-order valence-corrected chi connectivity index (χ1v) is 8.24. The second-order valence-electron chi connectivity index (χ2n) is 3.84. The third kappa shape index (κ3) is 3.97. The van der Waals surface area contributed by atoms with Crippen LogP contribution in [0, 0.1) is 6.92 Å². The summed E-state index contributed by atoms with van der Waals surface area (Å²) < 4.78 is 26.4. The highest BCUT2D eigenvalue weighted by molar-refractivity contribution is 7.89. The quantitative estimate of drug-likeness (QED) is 0.856. The van der Waals surface area contributed by atoms with Gasteiger partial charge in [0.1, 0.15) is 5.15 Å². The number of thiazole rings is 1. The third-order valence-electron chi connectivity index (χ3n) is 2.31. The van der Waals surface area contributed by atoms with Gasteiger partial charge in [-0.05, 0) is 19.1 Å². The van der Waals surface area contributed by atoms with Gasteiger partial charge in [0, 0.05) is 30.2 Å². The minimum absolute atomic E-state index is 0.114. The Morgan fingerprint density at radius 3 is 2.89 bits per heavy atom. The van der Waals surface area contributed by atoms with Gasteiger partial charge in [0.2, 0.25) is 10.0 Å². The fourth-order valence-corrected chi connectivity index (χ4v) is 3.50. The standard InChI is InChI=1S/C11H12ClN3O2S2/c1-8-7-18-11(15-8)3-5-14-19(16,17)9-2-4-13-10(12)6-9/h2,4,6-7,14H,3,5H2,1H3. The maximum atomic E-state index is 12.0. The number of sulfonamides is 1. The summed E-state index contributed by atoms with van der Waals surface area (Å²) in [7, 11) is -3.54. The van der Waals surface area contributed by atoms with Crippen LogP contribution >= 0.6 is 22.9 Å². The lowest BCUT2D eigenvalue weighted by Crippen LogP contribution is -2.26. The molecule has 0 bridgehead atoms. The predicted molar refractivity (Wildman–Crippen MR) is 75.0 cm³/mol. The van der Waals surface area contributed by atoms with Gasteiger partial charge >= 0.3 is 0 Å². The summed E-state index contributed by atoms with van der Waals surface area (Å²) in [5.74, 6) is 0. The van der Waals surface area contributed by atoms with E-state index < -0.39 is 10.0 Å². The van der Waals surface area contributed by atoms with Gasteiger partial charge in [-0.15, -0.1) is 11.3 Å². The number of nitrogens with zero attached hydrogens (tertiary/aromatic N) is 2. The molecule has 19 heavy (non-hydrogen) atoms. The number of rotatable bonds is 5. The molecule has 2 heterocycles. The van der Waals surface area contributed by atoms with Crippen LogP contribution in [0.2, 0.25) is 5.15 Å². The normalized spacial score (nSPS) is 11.7. The molecular weight excluding hydrogens is 306 g/mol. The fraction of sp³-hybridized carbons (Fsp3) is 0.273. The van der Waals surface area contributed by atoms with E-state index in [2.05, 4.69) is 14.7 Å². The van der Waals surface area contributed by atoms with Crippen LogP contribution in [0.25, 0.3) is 0 Å². The van der Waals surface area contributed by atoms with Gasteiger partial charge in [-0.1, -0.05) is 11.6 Å². The second-order valence-corrected chi connectivity index (χ2v) is 6.94. The van der Waals surface area contributed by atoms with Crippen LogP contribution in [0.3, 0.4) is 0 Å². The van der Waals surface area contributed by atoms with Gasteiger partial charge in [-0.2, -0.15) is 0 Å². The molecule has 8 heteroatoms. The minimum Gasteiger partial charge on any atom is -0.247 e. The highest BCUT2D eigenvalue weighted by atomic mass is 35.5. The Labute approximate surface area is 120 Å². The SMILES string of the molecule is Cc1csc(CCNS(=O)(=O)c2ccnc(Cl)c2)n1. The Morgan fingerprint density at radius 2 is 2.26 bits per heavy atom. The van der Waals surface area contributed by atoms with Crippen molar-refractivity contribution >= 4 is 33.0 Å². The molecule has 0 aliphatic carbocycles. The van der Waals surface area contributed by atoms with Gasteiger partial charge in [0.25, 0.3) is 0 Å². The number of pyridine rings is 1. The van der Waals surface area contributed by atoms with Crippen LogP contribution in [0.4, 0.5) is 0 Å². The lowest BCUT2D eigenvalue weighted by molar-refractivity contribution is 0.581. The first-order chi connectivity index (χ1) is 8.97. The molecule has 5 nitrogen and oxygen atoms in total. The van der Waals surface area contributed by atoms with Crippen molar-refractivity contribution < 1.29 is 8.42 Å². The number of aryl methyl sites for hydroxylation is 1. The second kappa shape index (κ2) is 5.96. The Kier molecular flexibility index (Phi) is 4.51. The molecule has 0 unspecified atom stereocenters. The first-order valence-electron chi connectivity index (χ1n) is 5.49. The van der Waals surface area contributed by atoms with Crippen molar-refractivity contribution in [3.8, 4) is 0 Å². The molecule has 0 aromatic carbocycles. The topological polar surface area (TPSA) is 72.0 Å². The number of hydrogen-bond acceptors (Lipinski definition) is 5. The fourth-order valence-electron chi connectivity index (χ4n) is 1.45. The molecule has 0 fully saturated rings. The van der Waals surface area contributed by atoms with Crippen LogP contribution in [-0.2, 0) is 16.4 Å². The summed E-state index contributed by atoms with van der Waals surface area (Å²) >= 11 is 7.19. The predicted octanol–water partition coefficient (Wildman–Crippen LogP) is 2.02. The van der Waals surface area contributed by atoms with Crippen LogP contribution in [-0.4, -0.2) is 24.9 Å². The van der Waals surface area contributed by atoms with E-state index in [1.165, 1.54) is 29.7 Å². The molecule has 2 aromatic heterocycles. The summed E-state index contributed by atoms with van der Waals surface area (Å²) in [6, 6.07) is 2.72. The monoisotopic (exact) mass is 317 g/mol. The van der Waals surface area contributed by atoms with E-state index in [9.17, 15) is 8.42 Å². The zero-order chi connectivity index (χ0) is 13.9. The minimum atomic E-state index is -3.54. The van der Waals surface area contributed by atoms with E-state index in [0.717, 1.165) is 10.7 Å². The first kappa shape index (κ1) is 14.4. The summed E-state index contributed by atoms with van der Waals surface area (Å²) in [6.45, 7) is 2.21. The average Bonchev–Trinajstić information content (AvgIpc) is 2.75.